The van der Waals surface area contributed by atoms with Gasteiger partial charge in [-0.25, -0.2) is 13.1 Å². The van der Waals surface area contributed by atoms with Gasteiger partial charge in [0.2, 0.25) is 10.0 Å². The van der Waals surface area contributed by atoms with Gasteiger partial charge >= 0.3 is 0 Å². The average molecular weight is 281 g/mol. The second-order valence-corrected chi connectivity index (χ2v) is 6.03. The Balaban J connectivity index is 2.36. The van der Waals surface area contributed by atoms with E-state index >= 15 is 0 Å². The van der Waals surface area contributed by atoms with Crippen molar-refractivity contribution >= 4 is 32.8 Å². The van der Waals surface area contributed by atoms with E-state index in [0.717, 1.165) is 11.4 Å². The first-order valence-electron chi connectivity index (χ1n) is 5.21. The van der Waals surface area contributed by atoms with Crippen LogP contribution in [-0.2, 0) is 21.4 Å². The van der Waals surface area contributed by atoms with Crippen LogP contribution in [0.5, 0.6) is 0 Å². The van der Waals surface area contributed by atoms with Crippen LogP contribution in [0.25, 0.3) is 0 Å². The van der Waals surface area contributed by atoms with E-state index in [1.54, 1.807) is 19.1 Å². The number of rotatable bonds is 4. The lowest BCUT2D eigenvalue weighted by atomic mass is 10.3. The van der Waals surface area contributed by atoms with Crippen molar-refractivity contribution < 1.29 is 8.42 Å². The van der Waals surface area contributed by atoms with Crippen LogP contribution in [0.15, 0.2) is 31.8 Å². The Bertz CT molecular complexity index is 683. The average Bonchev–Trinajstić information content (AvgIpc) is 2.75. The molecule has 94 valence electrons. The summed E-state index contributed by atoms with van der Waals surface area (Å²) in [6.07, 6.45) is 5.49. The summed E-state index contributed by atoms with van der Waals surface area (Å²) in [5.41, 5.74) is 0.968. The minimum atomic E-state index is -3.62. The molecule has 0 saturated carbocycles. The molecule has 0 bridgehead atoms. The zero-order valence-electron chi connectivity index (χ0n) is 9.62. The lowest BCUT2D eigenvalue weighted by Crippen LogP contribution is -2.32. The maximum absolute atomic E-state index is 12.2. The van der Waals surface area contributed by atoms with Crippen molar-refractivity contribution in [1.29, 1.82) is 0 Å². The van der Waals surface area contributed by atoms with Crippen molar-refractivity contribution in [2.75, 3.05) is 0 Å². The monoisotopic (exact) mass is 281 g/mol. The maximum Gasteiger partial charge on any atom is 0.243 e. The molecule has 0 fully saturated rings. The van der Waals surface area contributed by atoms with Gasteiger partial charge in [0, 0.05) is 12.5 Å². The lowest BCUT2D eigenvalue weighted by Gasteiger charge is -2.12. The van der Waals surface area contributed by atoms with Crippen LogP contribution in [0.1, 0.15) is 13.3 Å². The molecule has 1 aliphatic rings. The van der Waals surface area contributed by atoms with E-state index in [0.29, 0.717) is 17.8 Å². The summed E-state index contributed by atoms with van der Waals surface area (Å²) >= 11 is 0.988. The number of nitrogens with zero attached hydrogens (tertiary/aromatic N) is 2. The number of benzene rings is 1. The Morgan fingerprint density at radius 1 is 1.50 bits per heavy atom. The number of nitrogens with one attached hydrogen (secondary N) is 1. The minimum Gasteiger partial charge on any atom is -0.207 e. The fraction of sp³-hybridized carbons (Fsp3) is 0.273. The van der Waals surface area contributed by atoms with Gasteiger partial charge in [-0.05, 0) is 19.1 Å². The van der Waals surface area contributed by atoms with Crippen LogP contribution in [0.3, 0.4) is 0 Å². The standard InChI is InChI=1S/C11H11N3O2S2/c1-3-5-8(2)14-18(15,16)10-7-4-6-9-11(10)13-17-12-9/h1,4,6-8,14H,5H2,2H3. The molecular weight excluding hydrogens is 270 g/mol. The highest BCUT2D eigenvalue weighted by atomic mass is 32.2. The van der Waals surface area contributed by atoms with E-state index in [2.05, 4.69) is 19.4 Å². The van der Waals surface area contributed by atoms with Crippen molar-refractivity contribution in [3.8, 4) is 12.3 Å². The third-order valence-electron chi connectivity index (χ3n) is 2.32. The van der Waals surface area contributed by atoms with Gasteiger partial charge in [-0.3, -0.25) is 0 Å². The lowest BCUT2D eigenvalue weighted by molar-refractivity contribution is 0.564. The Hall–Kier alpha value is -1.49. The summed E-state index contributed by atoms with van der Waals surface area (Å²) in [5.74, 6) is 2.42. The zero-order chi connectivity index (χ0) is 13.2. The van der Waals surface area contributed by atoms with Gasteiger partial charge in [0.1, 0.15) is 16.3 Å². The molecule has 1 heterocycles. The first-order chi connectivity index (χ1) is 8.54. The summed E-state index contributed by atoms with van der Waals surface area (Å²) in [4.78, 5) is 0.137. The molecule has 7 heteroatoms. The number of hydrogen-bond donors (Lipinski definition) is 1. The molecule has 1 aromatic rings. The van der Waals surface area contributed by atoms with Crippen molar-refractivity contribution in [1.82, 2.24) is 4.72 Å². The van der Waals surface area contributed by atoms with Crippen LogP contribution in [0.2, 0.25) is 0 Å². The van der Waals surface area contributed by atoms with E-state index < -0.39 is 10.0 Å². The topological polar surface area (TPSA) is 70.9 Å². The quantitative estimate of drug-likeness (QED) is 0.872. The summed E-state index contributed by atoms with van der Waals surface area (Å²) in [6, 6.07) is 4.56. The smallest absolute Gasteiger partial charge is 0.207 e. The molecule has 1 aliphatic heterocycles. The van der Waals surface area contributed by atoms with Crippen LogP contribution in [-0.4, -0.2) is 14.5 Å². The molecule has 0 radical (unpaired) electrons. The molecule has 2 rings (SSSR count). The molecule has 5 nitrogen and oxygen atoms in total. The number of hydrogen-bond acceptors (Lipinski definition) is 4. The van der Waals surface area contributed by atoms with Crippen LogP contribution in [0.4, 0.5) is 11.4 Å². The van der Waals surface area contributed by atoms with Crippen molar-refractivity contribution in [2.24, 2.45) is 8.73 Å². The molecule has 0 aliphatic carbocycles. The van der Waals surface area contributed by atoms with Gasteiger partial charge in [-0.1, -0.05) is 6.07 Å². The molecule has 0 saturated heterocycles. The van der Waals surface area contributed by atoms with Gasteiger partial charge in [0.25, 0.3) is 0 Å². The fourth-order valence-corrected chi connectivity index (χ4v) is 3.55. The highest BCUT2D eigenvalue weighted by Gasteiger charge is 2.23. The van der Waals surface area contributed by atoms with E-state index in [-0.39, 0.29) is 10.9 Å². The first kappa shape index (κ1) is 13.0. The largest absolute Gasteiger partial charge is 0.243 e. The predicted molar refractivity (Wildman–Crippen MR) is 71.2 cm³/mol. The summed E-state index contributed by atoms with van der Waals surface area (Å²) in [7, 11) is -3.62. The first-order valence-corrected chi connectivity index (χ1v) is 7.43. The predicted octanol–water partition coefficient (Wildman–Crippen LogP) is 2.10. The SMILES string of the molecule is C#CCC(C)NS(=O)(=O)c1cccc2c1N=S=N2. The minimum absolute atomic E-state index is 0.137. The Morgan fingerprint density at radius 2 is 2.28 bits per heavy atom. The summed E-state index contributed by atoms with van der Waals surface area (Å²) in [5, 5.41) is 0. The number of sulfonamides is 1. The Kier molecular flexibility index (Phi) is 3.61. The fourth-order valence-electron chi connectivity index (χ4n) is 1.55. The van der Waals surface area contributed by atoms with Gasteiger partial charge in [-0.2, -0.15) is 8.73 Å². The maximum atomic E-state index is 12.2. The molecule has 1 N–H and O–H groups in total. The normalized spacial score (nSPS) is 14.7. The van der Waals surface area contributed by atoms with Gasteiger partial charge in [0.05, 0.1) is 11.4 Å². The Labute approximate surface area is 110 Å². The molecule has 18 heavy (non-hydrogen) atoms. The zero-order valence-corrected chi connectivity index (χ0v) is 11.3. The highest BCUT2D eigenvalue weighted by Crippen LogP contribution is 2.37. The third kappa shape index (κ3) is 2.51. The van der Waals surface area contributed by atoms with Gasteiger partial charge in [-0.15, -0.1) is 12.3 Å². The van der Waals surface area contributed by atoms with E-state index in [1.165, 1.54) is 6.07 Å². The van der Waals surface area contributed by atoms with Gasteiger partial charge in [0.15, 0.2) is 0 Å². The Morgan fingerprint density at radius 3 is 3.00 bits per heavy atom. The summed E-state index contributed by atoms with van der Waals surface area (Å²) in [6.45, 7) is 1.72. The van der Waals surface area contributed by atoms with Gasteiger partial charge < -0.3 is 0 Å². The highest BCUT2D eigenvalue weighted by molar-refractivity contribution is 7.89. The number of fused-ring (bicyclic) bond motifs is 1. The summed E-state index contributed by atoms with van der Waals surface area (Å²) < 4.78 is 34.9. The molecule has 0 spiro atoms. The molecular formula is C11H11N3O2S2. The molecule has 0 aromatic heterocycles. The third-order valence-corrected chi connectivity index (χ3v) is 4.48. The van der Waals surface area contributed by atoms with Crippen molar-refractivity contribution in [2.45, 2.75) is 24.3 Å². The molecule has 1 atom stereocenters. The van der Waals surface area contributed by atoms with E-state index in [1.807, 2.05) is 0 Å². The number of terminal acetylenes is 1. The van der Waals surface area contributed by atoms with E-state index in [9.17, 15) is 8.42 Å². The van der Waals surface area contributed by atoms with Crippen molar-refractivity contribution in [3.05, 3.63) is 18.2 Å². The van der Waals surface area contributed by atoms with Crippen LogP contribution >= 0.6 is 0 Å². The second kappa shape index (κ2) is 5.02. The van der Waals surface area contributed by atoms with Crippen LogP contribution < -0.4 is 4.72 Å². The molecule has 0 amide bonds. The van der Waals surface area contributed by atoms with E-state index in [4.69, 9.17) is 6.42 Å². The molecule has 1 unspecified atom stereocenters. The second-order valence-electron chi connectivity index (χ2n) is 3.82. The molecule has 1 aromatic carbocycles. The van der Waals surface area contributed by atoms with Crippen molar-refractivity contribution in [3.63, 3.8) is 0 Å². The van der Waals surface area contributed by atoms with Crippen LogP contribution in [0, 0.1) is 12.3 Å².